The lowest BCUT2D eigenvalue weighted by atomic mass is 9.81. The summed E-state index contributed by atoms with van der Waals surface area (Å²) in [5, 5.41) is 35.5. The second-order valence-electron chi connectivity index (χ2n) is 15.5. The van der Waals surface area contributed by atoms with Crippen LogP contribution in [0.4, 0.5) is 26.7 Å². The molecule has 0 radical (unpaired) electrons. The fourth-order valence-electron chi connectivity index (χ4n) is 7.45. The summed E-state index contributed by atoms with van der Waals surface area (Å²) in [7, 11) is 7.09. The van der Waals surface area contributed by atoms with Crippen LogP contribution >= 0.6 is 30.9 Å². The summed E-state index contributed by atoms with van der Waals surface area (Å²) in [5.41, 5.74) is 0.778. The number of esters is 1. The molecule has 4 atom stereocenters. The van der Waals surface area contributed by atoms with Crippen LogP contribution in [0, 0.1) is 36.3 Å². The number of carbonyl (C=O) groups excluding carboxylic acids is 5. The molecule has 2 aliphatic rings. The van der Waals surface area contributed by atoms with E-state index in [1.165, 1.54) is 84.6 Å². The zero-order valence-electron chi connectivity index (χ0n) is 37.7. The van der Waals surface area contributed by atoms with Crippen molar-refractivity contribution in [1.82, 2.24) is 24.2 Å². The van der Waals surface area contributed by atoms with Gasteiger partial charge in [0.25, 0.3) is 17.1 Å². The highest BCUT2D eigenvalue weighted by atomic mass is 32.2. The van der Waals surface area contributed by atoms with E-state index >= 15 is 0 Å². The molecular formula is C41H48N9O15PS2. The van der Waals surface area contributed by atoms with E-state index in [0.29, 0.717) is 16.7 Å². The Hall–Kier alpha value is -6.44. The zero-order valence-corrected chi connectivity index (χ0v) is 40.3. The normalized spacial score (nSPS) is 17.2. The van der Waals surface area contributed by atoms with Crippen LogP contribution < -0.4 is 5.32 Å². The van der Waals surface area contributed by atoms with Gasteiger partial charge in [-0.15, -0.1) is 0 Å². The van der Waals surface area contributed by atoms with Crippen LogP contribution in [0.25, 0.3) is 0 Å². The minimum absolute atomic E-state index is 0.0960. The van der Waals surface area contributed by atoms with Crippen LogP contribution in [-0.4, -0.2) is 139 Å². The third kappa shape index (κ3) is 12.6. The number of carbonyl (C=O) groups is 5. The minimum Gasteiger partial charge on any atom is -0.456 e. The van der Waals surface area contributed by atoms with E-state index in [2.05, 4.69) is 10.3 Å². The summed E-state index contributed by atoms with van der Waals surface area (Å²) in [5.74, 6) is -2.78. The Bertz CT molecular complexity index is 2480. The van der Waals surface area contributed by atoms with Crippen molar-refractivity contribution >= 4 is 87.7 Å². The minimum atomic E-state index is -3.22. The molecule has 1 N–H and O–H groups in total. The van der Waals surface area contributed by atoms with Crippen LogP contribution in [-0.2, 0) is 53.2 Å². The molecule has 0 spiro atoms. The Labute approximate surface area is 397 Å². The third-order valence-corrected chi connectivity index (χ3v) is 17.0. The van der Waals surface area contributed by atoms with Crippen molar-refractivity contribution in [2.24, 2.45) is 10.9 Å². The van der Waals surface area contributed by atoms with E-state index in [9.17, 15) is 54.3 Å². The van der Waals surface area contributed by atoms with Crippen molar-refractivity contribution in [3.05, 3.63) is 120 Å². The van der Waals surface area contributed by atoms with Gasteiger partial charge in [-0.2, -0.15) is 0 Å². The van der Waals surface area contributed by atoms with Gasteiger partial charge in [-0.25, -0.2) is 14.4 Å². The number of thioether (sulfide) groups is 2. The number of amides is 2. The molecule has 2 heterocycles. The summed E-state index contributed by atoms with van der Waals surface area (Å²) in [6.07, 6.45) is -3.60. The molecular weight excluding hydrogens is 954 g/mol. The van der Waals surface area contributed by atoms with Gasteiger partial charge < -0.3 is 18.9 Å². The highest BCUT2D eigenvalue weighted by Crippen LogP contribution is 2.57. The Kier molecular flexibility index (Phi) is 17.8. The molecule has 0 saturated carbocycles. The van der Waals surface area contributed by atoms with Crippen LogP contribution in [0.3, 0.4) is 0 Å². The molecule has 24 nitrogen and oxygen atoms in total. The van der Waals surface area contributed by atoms with Crippen molar-refractivity contribution in [3.8, 4) is 0 Å². The standard InChI is InChI=1S/C41H48N9O15PS2/c1-25(65-41(55)64-24-28-12-18-31(19-13-28)50(60)61)35-32(20-33(51)67-34-21-42-39(68-34)43-40(54)63-23-27-10-16-30(17-11-27)49(58)59)47(36(35)52)37(66(44(2)3,45(4)5)46(6)7)38(53)62-22-26-8-14-29(15-9-26)48(56)57/h8-19,25,32,34-35H,20-24H2,1-7H3,(H,42,43,54). The highest BCUT2D eigenvalue weighted by molar-refractivity contribution is 8.30. The second-order valence-corrected chi connectivity index (χ2v) is 22.2. The van der Waals surface area contributed by atoms with Gasteiger partial charge >= 0.3 is 18.2 Å². The fraction of sp³-hybridized carbons (Fsp3) is 0.390. The first-order chi connectivity index (χ1) is 32.1. The van der Waals surface area contributed by atoms with Crippen molar-refractivity contribution < 1.29 is 57.7 Å². The summed E-state index contributed by atoms with van der Waals surface area (Å²) in [6.45, 7) is 0.703. The number of ether oxygens (including phenoxy) is 4. The number of likely N-dealkylation sites (tertiary alicyclic amines) is 1. The number of nitrogens with one attached hydrogen (secondary N) is 1. The lowest BCUT2D eigenvalue weighted by molar-refractivity contribution is -0.385. The molecule has 3 aromatic carbocycles. The average molecular weight is 1000 g/mol. The Morgan fingerprint density at radius 3 is 1.65 bits per heavy atom. The maximum atomic E-state index is 14.6. The van der Waals surface area contributed by atoms with Gasteiger partial charge in [0, 0.05) is 42.8 Å². The number of amidine groups is 1. The molecule has 2 amide bonds. The number of nitro benzene ring substituents is 3. The second kappa shape index (κ2) is 23.0. The molecule has 27 heteroatoms. The lowest BCUT2D eigenvalue weighted by Gasteiger charge is -2.53. The van der Waals surface area contributed by atoms with E-state index in [1.54, 1.807) is 56.3 Å². The number of aliphatic imine (C=N–C) groups is 1. The summed E-state index contributed by atoms with van der Waals surface area (Å²) >= 11 is 1.96. The van der Waals surface area contributed by atoms with Crippen molar-refractivity contribution in [2.45, 2.75) is 49.9 Å². The largest absolute Gasteiger partial charge is 0.508 e. The van der Waals surface area contributed by atoms with Gasteiger partial charge in [-0.05, 0) is 102 Å². The Morgan fingerprint density at radius 2 is 1.21 bits per heavy atom. The topological polar surface area (TPSA) is 289 Å². The number of nitrogens with zero attached hydrogens (tertiary/aromatic N) is 8. The van der Waals surface area contributed by atoms with E-state index in [1.807, 2.05) is 0 Å². The third-order valence-electron chi connectivity index (χ3n) is 10.4. The van der Waals surface area contributed by atoms with Gasteiger partial charge in [0.15, 0.2) is 15.7 Å². The first kappa shape index (κ1) is 52.5. The Morgan fingerprint density at radius 1 is 0.765 bits per heavy atom. The molecule has 364 valence electrons. The predicted molar refractivity (Wildman–Crippen MR) is 251 cm³/mol. The molecule has 4 unspecified atom stereocenters. The molecule has 2 aliphatic heterocycles. The van der Waals surface area contributed by atoms with Crippen LogP contribution in [0.15, 0.2) is 77.8 Å². The number of hydrogen-bond acceptors (Lipinski definition) is 21. The smallest absolute Gasteiger partial charge is 0.456 e. The van der Waals surface area contributed by atoms with E-state index in [4.69, 9.17) is 18.9 Å². The van der Waals surface area contributed by atoms with Crippen LogP contribution in [0.5, 0.6) is 0 Å². The van der Waals surface area contributed by atoms with Crippen LogP contribution in [0.1, 0.15) is 30.0 Å². The quantitative estimate of drug-likeness (QED) is 0.0381. The molecule has 0 bridgehead atoms. The number of non-ortho nitro benzene ring substituents is 3. The van der Waals surface area contributed by atoms with E-state index in [0.717, 1.165) is 23.5 Å². The van der Waals surface area contributed by atoms with Gasteiger partial charge in [0.05, 0.1) is 37.9 Å². The van der Waals surface area contributed by atoms with E-state index < -0.39 is 74.0 Å². The lowest BCUT2D eigenvalue weighted by Crippen LogP contribution is -2.69. The van der Waals surface area contributed by atoms with Crippen molar-refractivity contribution in [3.63, 3.8) is 0 Å². The SMILES string of the molecule is CC(OC(=O)OCc1ccc([N+](=O)[O-])cc1)C1C(=O)N(C(C(=O)OCc2ccc([N+](=O)[O-])cc2)=P(N(C)C)(N(C)C)N(C)C)C1CC(=O)SC1CN=C(NC(=O)OCc2ccc([N+](=O)[O-])cc2)S1. The van der Waals surface area contributed by atoms with Crippen molar-refractivity contribution in [2.75, 3.05) is 48.8 Å². The molecule has 3 aromatic rings. The van der Waals surface area contributed by atoms with Gasteiger partial charge in [-0.3, -0.25) is 69.2 Å². The van der Waals surface area contributed by atoms with Crippen LogP contribution in [0.2, 0.25) is 0 Å². The summed E-state index contributed by atoms with van der Waals surface area (Å²) in [6, 6.07) is 15.0. The zero-order chi connectivity index (χ0) is 50.0. The maximum Gasteiger partial charge on any atom is 0.508 e. The first-order valence-electron chi connectivity index (χ1n) is 20.3. The number of alkyl carbamates (subject to hydrolysis) is 1. The number of β-lactam (4-membered cyclic amide) rings is 1. The Balaban J connectivity index is 1.37. The maximum absolute atomic E-state index is 14.6. The first-order valence-corrected chi connectivity index (χ1v) is 23.7. The number of hydrogen-bond donors (Lipinski definition) is 1. The molecule has 0 aliphatic carbocycles. The number of rotatable bonds is 19. The summed E-state index contributed by atoms with van der Waals surface area (Å²) in [4.78, 5) is 106. The number of benzene rings is 3. The predicted octanol–water partition coefficient (Wildman–Crippen LogP) is 5.61. The van der Waals surface area contributed by atoms with Gasteiger partial charge in [0.1, 0.15) is 33.3 Å². The number of nitro groups is 3. The van der Waals surface area contributed by atoms with Crippen molar-refractivity contribution in [1.29, 1.82) is 0 Å². The van der Waals surface area contributed by atoms with E-state index in [-0.39, 0.29) is 60.4 Å². The molecule has 1 fully saturated rings. The molecule has 0 aromatic heterocycles. The monoisotopic (exact) mass is 1000 g/mol. The summed E-state index contributed by atoms with van der Waals surface area (Å²) < 4.78 is 26.7. The molecule has 5 rings (SSSR count). The van der Waals surface area contributed by atoms with Gasteiger partial charge in [-0.1, -0.05) is 23.5 Å². The molecule has 68 heavy (non-hydrogen) atoms. The highest BCUT2D eigenvalue weighted by Gasteiger charge is 2.57. The average Bonchev–Trinajstić information content (AvgIpc) is 3.72. The van der Waals surface area contributed by atoms with Gasteiger partial charge in [0.2, 0.25) is 5.91 Å². The fourth-order valence-corrected chi connectivity index (χ4v) is 13.8. The molecule has 1 saturated heterocycles.